The minimum atomic E-state index is -4.21. The van der Waals surface area contributed by atoms with Gasteiger partial charge in [0.2, 0.25) is 0 Å². The Kier molecular flexibility index (Phi) is 3.72. The minimum Gasteiger partial charge on any atom is -0.369 e. The number of aromatic nitrogens is 1. The van der Waals surface area contributed by atoms with Gasteiger partial charge in [0.25, 0.3) is 0 Å². The predicted octanol–water partition coefficient (Wildman–Crippen LogP) is 3.26. The van der Waals surface area contributed by atoms with Crippen molar-refractivity contribution < 1.29 is 13.2 Å². The van der Waals surface area contributed by atoms with Crippen molar-refractivity contribution >= 4 is 16.6 Å². The van der Waals surface area contributed by atoms with Gasteiger partial charge in [-0.3, -0.25) is 4.98 Å². The molecule has 6 heteroatoms. The summed E-state index contributed by atoms with van der Waals surface area (Å²) in [4.78, 5) is 6.09. The Bertz CT molecular complexity index is 684. The van der Waals surface area contributed by atoms with Crippen LogP contribution in [0.25, 0.3) is 10.9 Å². The van der Waals surface area contributed by atoms with Crippen molar-refractivity contribution in [1.29, 1.82) is 0 Å². The largest absolute Gasteiger partial charge is 0.393 e. The maximum Gasteiger partial charge on any atom is 0.393 e. The standard InChI is InChI=1S/C16H18F3N3/c1-10-4-5-14(13-3-2-6-21-15(10)13)22-8-11(16(17,18)19)7-12(20)9-22/h2-6,11-12H,7-9,20H2,1H3/t11-,12-/m1/s1. The van der Waals surface area contributed by atoms with Crippen molar-refractivity contribution in [3.8, 4) is 0 Å². The predicted molar refractivity (Wildman–Crippen MR) is 80.8 cm³/mol. The number of piperidine rings is 1. The number of pyridine rings is 1. The zero-order chi connectivity index (χ0) is 15.9. The number of hydrogen-bond donors (Lipinski definition) is 1. The molecule has 3 nitrogen and oxygen atoms in total. The molecule has 3 rings (SSSR count). The van der Waals surface area contributed by atoms with Crippen LogP contribution >= 0.6 is 0 Å². The highest BCUT2D eigenvalue weighted by molar-refractivity contribution is 5.93. The second-order valence-corrected chi connectivity index (χ2v) is 5.94. The third kappa shape index (κ3) is 2.75. The molecule has 1 aliphatic rings. The summed E-state index contributed by atoms with van der Waals surface area (Å²) in [6.07, 6.45) is -2.53. The summed E-state index contributed by atoms with van der Waals surface area (Å²) in [5.41, 5.74) is 8.47. The second kappa shape index (κ2) is 5.43. The number of fused-ring (bicyclic) bond motifs is 1. The molecule has 0 bridgehead atoms. The molecule has 1 aromatic heterocycles. The lowest BCUT2D eigenvalue weighted by atomic mass is 9.93. The Balaban J connectivity index is 2.02. The van der Waals surface area contributed by atoms with Crippen molar-refractivity contribution in [2.75, 3.05) is 18.0 Å². The molecule has 0 aliphatic carbocycles. The summed E-state index contributed by atoms with van der Waals surface area (Å²) >= 11 is 0. The average Bonchev–Trinajstić information content (AvgIpc) is 2.46. The average molecular weight is 309 g/mol. The van der Waals surface area contributed by atoms with Crippen LogP contribution in [0.5, 0.6) is 0 Å². The molecule has 2 atom stereocenters. The Morgan fingerprint density at radius 2 is 2.00 bits per heavy atom. The monoisotopic (exact) mass is 309 g/mol. The number of rotatable bonds is 1. The maximum absolute atomic E-state index is 13.1. The lowest BCUT2D eigenvalue weighted by molar-refractivity contribution is -0.177. The van der Waals surface area contributed by atoms with Gasteiger partial charge in [-0.15, -0.1) is 0 Å². The van der Waals surface area contributed by atoms with Gasteiger partial charge >= 0.3 is 6.18 Å². The molecule has 0 spiro atoms. The van der Waals surface area contributed by atoms with Gasteiger partial charge in [-0.2, -0.15) is 13.2 Å². The number of alkyl halides is 3. The van der Waals surface area contributed by atoms with Crippen LogP contribution in [0.3, 0.4) is 0 Å². The van der Waals surface area contributed by atoms with Crippen LogP contribution in [0, 0.1) is 12.8 Å². The molecule has 22 heavy (non-hydrogen) atoms. The van der Waals surface area contributed by atoms with Gasteiger partial charge in [0.05, 0.1) is 11.4 Å². The normalized spacial score (nSPS) is 23.0. The van der Waals surface area contributed by atoms with Gasteiger partial charge in [-0.1, -0.05) is 6.07 Å². The Morgan fingerprint density at radius 1 is 1.23 bits per heavy atom. The topological polar surface area (TPSA) is 42.1 Å². The third-order valence-electron chi connectivity index (χ3n) is 4.23. The highest BCUT2D eigenvalue weighted by atomic mass is 19.4. The fourth-order valence-corrected chi connectivity index (χ4v) is 3.15. The second-order valence-electron chi connectivity index (χ2n) is 5.94. The van der Waals surface area contributed by atoms with Crippen LogP contribution in [0.15, 0.2) is 30.5 Å². The van der Waals surface area contributed by atoms with Crippen molar-refractivity contribution in [2.45, 2.75) is 25.6 Å². The molecule has 0 unspecified atom stereocenters. The molecule has 0 saturated carbocycles. The van der Waals surface area contributed by atoms with Crippen LogP contribution < -0.4 is 10.6 Å². The molecule has 2 heterocycles. The summed E-state index contributed by atoms with van der Waals surface area (Å²) in [6.45, 7) is 2.32. The van der Waals surface area contributed by atoms with E-state index in [0.29, 0.717) is 6.54 Å². The van der Waals surface area contributed by atoms with Gasteiger partial charge in [0.1, 0.15) is 0 Å². The van der Waals surface area contributed by atoms with Gasteiger partial charge < -0.3 is 10.6 Å². The molecular weight excluding hydrogens is 291 g/mol. The zero-order valence-corrected chi connectivity index (χ0v) is 12.3. The Hall–Kier alpha value is -1.82. The molecule has 1 aromatic carbocycles. The zero-order valence-electron chi connectivity index (χ0n) is 12.3. The molecule has 118 valence electrons. The maximum atomic E-state index is 13.1. The number of anilines is 1. The van der Waals surface area contributed by atoms with Gasteiger partial charge in [-0.25, -0.2) is 0 Å². The van der Waals surface area contributed by atoms with Gasteiger partial charge in [-0.05, 0) is 37.1 Å². The lowest BCUT2D eigenvalue weighted by Crippen LogP contribution is -2.51. The third-order valence-corrected chi connectivity index (χ3v) is 4.23. The van der Waals surface area contributed by atoms with Crippen molar-refractivity contribution in [3.05, 3.63) is 36.0 Å². The van der Waals surface area contributed by atoms with Gasteiger partial charge in [0.15, 0.2) is 0 Å². The summed E-state index contributed by atoms with van der Waals surface area (Å²) < 4.78 is 39.3. The summed E-state index contributed by atoms with van der Waals surface area (Å²) in [5, 5.41) is 0.873. The van der Waals surface area contributed by atoms with Crippen molar-refractivity contribution in [3.63, 3.8) is 0 Å². The first-order chi connectivity index (χ1) is 10.4. The molecule has 1 aliphatic heterocycles. The highest BCUT2D eigenvalue weighted by Gasteiger charge is 2.44. The van der Waals surface area contributed by atoms with E-state index < -0.39 is 18.1 Å². The number of halogens is 3. The summed E-state index contributed by atoms with van der Waals surface area (Å²) in [6, 6.07) is 6.98. The van der Waals surface area contributed by atoms with E-state index in [1.807, 2.05) is 25.1 Å². The first-order valence-corrected chi connectivity index (χ1v) is 7.28. The first kappa shape index (κ1) is 15.1. The number of nitrogens with zero attached hydrogens (tertiary/aromatic N) is 2. The van der Waals surface area contributed by atoms with Crippen LogP contribution in [0.1, 0.15) is 12.0 Å². The number of hydrogen-bond acceptors (Lipinski definition) is 3. The van der Waals surface area contributed by atoms with Crippen LogP contribution in [0.4, 0.5) is 18.9 Å². The van der Waals surface area contributed by atoms with E-state index in [0.717, 1.165) is 22.2 Å². The highest BCUT2D eigenvalue weighted by Crippen LogP contribution is 2.36. The van der Waals surface area contributed by atoms with E-state index >= 15 is 0 Å². The molecule has 1 saturated heterocycles. The molecule has 2 N–H and O–H groups in total. The molecule has 0 radical (unpaired) electrons. The van der Waals surface area contributed by atoms with Crippen LogP contribution in [-0.4, -0.2) is 30.3 Å². The van der Waals surface area contributed by atoms with E-state index in [-0.39, 0.29) is 13.0 Å². The molecular formula is C16H18F3N3. The Morgan fingerprint density at radius 3 is 2.73 bits per heavy atom. The van der Waals surface area contributed by atoms with E-state index in [1.54, 1.807) is 17.2 Å². The van der Waals surface area contributed by atoms with E-state index in [1.165, 1.54) is 0 Å². The van der Waals surface area contributed by atoms with Crippen LogP contribution in [-0.2, 0) is 0 Å². The smallest absolute Gasteiger partial charge is 0.369 e. The number of nitrogens with two attached hydrogens (primary N) is 1. The number of benzene rings is 1. The van der Waals surface area contributed by atoms with Crippen LogP contribution in [0.2, 0.25) is 0 Å². The summed E-state index contributed by atoms with van der Waals surface area (Å²) in [7, 11) is 0. The quantitative estimate of drug-likeness (QED) is 0.879. The fraction of sp³-hybridized carbons (Fsp3) is 0.438. The molecule has 2 aromatic rings. The molecule has 1 fully saturated rings. The van der Waals surface area contributed by atoms with Gasteiger partial charge in [0, 0.05) is 36.4 Å². The minimum absolute atomic E-state index is 0.0119. The Labute approximate surface area is 126 Å². The fourth-order valence-electron chi connectivity index (χ4n) is 3.15. The van der Waals surface area contributed by atoms with E-state index in [9.17, 15) is 13.2 Å². The van der Waals surface area contributed by atoms with E-state index in [4.69, 9.17) is 5.73 Å². The summed E-state index contributed by atoms with van der Waals surface area (Å²) in [5.74, 6) is -1.38. The SMILES string of the molecule is Cc1ccc(N2C[C@H](N)C[C@@H](C(F)(F)F)C2)c2cccnc12. The number of aryl methyl sites for hydroxylation is 1. The van der Waals surface area contributed by atoms with Crippen molar-refractivity contribution in [2.24, 2.45) is 11.7 Å². The van der Waals surface area contributed by atoms with Crippen molar-refractivity contribution in [1.82, 2.24) is 4.98 Å². The van der Waals surface area contributed by atoms with E-state index in [2.05, 4.69) is 4.98 Å². The lowest BCUT2D eigenvalue weighted by Gasteiger charge is -2.39. The first-order valence-electron chi connectivity index (χ1n) is 7.28. The molecule has 0 amide bonds.